The molecule has 140 valence electrons. The summed E-state index contributed by atoms with van der Waals surface area (Å²) in [6, 6.07) is 11.1. The van der Waals surface area contributed by atoms with Gasteiger partial charge in [0.2, 0.25) is 11.1 Å². The first-order chi connectivity index (χ1) is 13.0. The number of aromatic nitrogens is 4. The summed E-state index contributed by atoms with van der Waals surface area (Å²) in [7, 11) is 0. The molecule has 1 heterocycles. The van der Waals surface area contributed by atoms with Gasteiger partial charge in [-0.1, -0.05) is 43.8 Å². The number of thioether (sulfide) groups is 1. The molecule has 1 amide bonds. The van der Waals surface area contributed by atoms with Crippen molar-refractivity contribution in [2.24, 2.45) is 0 Å². The first kappa shape index (κ1) is 19.0. The topological polar surface area (TPSA) is 72.7 Å². The van der Waals surface area contributed by atoms with Crippen molar-refractivity contribution in [3.8, 4) is 5.69 Å². The third-order valence-electron chi connectivity index (χ3n) is 3.80. The first-order valence-electron chi connectivity index (χ1n) is 8.21. The molecule has 2 aromatic carbocycles. The maximum atomic E-state index is 13.6. The minimum absolute atomic E-state index is 0.0990. The summed E-state index contributed by atoms with van der Waals surface area (Å²) in [4.78, 5) is 12.0. The maximum Gasteiger partial charge on any atom is 0.235 e. The van der Waals surface area contributed by atoms with Crippen molar-refractivity contribution in [3.63, 3.8) is 0 Å². The van der Waals surface area contributed by atoms with Gasteiger partial charge in [0.15, 0.2) is 0 Å². The molecule has 1 aromatic heterocycles. The minimum Gasteiger partial charge on any atom is -0.320 e. The van der Waals surface area contributed by atoms with Crippen LogP contribution in [-0.2, 0) is 4.79 Å². The normalized spacial score (nSPS) is 11.0. The molecule has 0 radical (unpaired) electrons. The predicted octanol–water partition coefficient (Wildman–Crippen LogP) is 3.79. The highest BCUT2D eigenvalue weighted by Gasteiger charge is 2.15. The molecule has 0 fully saturated rings. The highest BCUT2D eigenvalue weighted by Crippen LogP contribution is 2.22. The quantitative estimate of drug-likeness (QED) is 0.650. The molecular weight excluding hydrogens is 372 g/mol. The molecule has 0 spiro atoms. The van der Waals surface area contributed by atoms with E-state index in [9.17, 15) is 13.6 Å². The van der Waals surface area contributed by atoms with Gasteiger partial charge in [-0.25, -0.2) is 8.78 Å². The Hall–Kier alpha value is -2.81. The van der Waals surface area contributed by atoms with E-state index < -0.39 is 23.2 Å². The molecule has 0 bridgehead atoms. The number of amides is 1. The van der Waals surface area contributed by atoms with Gasteiger partial charge in [0.1, 0.15) is 17.3 Å². The third kappa shape index (κ3) is 4.48. The van der Waals surface area contributed by atoms with Gasteiger partial charge < -0.3 is 5.32 Å². The largest absolute Gasteiger partial charge is 0.320 e. The zero-order valence-electron chi connectivity index (χ0n) is 14.7. The fourth-order valence-electron chi connectivity index (χ4n) is 2.35. The number of carbonyl (C=O) groups excluding carboxylic acids is 1. The Bertz CT molecular complexity index is 923. The van der Waals surface area contributed by atoms with E-state index in [0.29, 0.717) is 11.1 Å². The van der Waals surface area contributed by atoms with Gasteiger partial charge in [-0.05, 0) is 46.2 Å². The van der Waals surface area contributed by atoms with Crippen molar-refractivity contribution in [1.82, 2.24) is 20.2 Å². The zero-order chi connectivity index (χ0) is 19.4. The molecule has 0 atom stereocenters. The standard InChI is InChI=1S/C18H17F2N5OS/c1-11(2)12-6-8-13(9-7-12)25-18(22-23-24-25)27-10-16(26)21-17-14(19)4-3-5-15(17)20/h3-9,11H,10H2,1-2H3,(H,21,26). The van der Waals surface area contributed by atoms with Crippen molar-refractivity contribution in [3.05, 3.63) is 59.7 Å². The number of carbonyl (C=O) groups is 1. The second-order valence-corrected chi connectivity index (χ2v) is 7.00. The average molecular weight is 389 g/mol. The Labute approximate surface area is 159 Å². The van der Waals surface area contributed by atoms with Crippen molar-refractivity contribution >= 4 is 23.4 Å². The Kier molecular flexibility index (Phi) is 5.80. The zero-order valence-corrected chi connectivity index (χ0v) is 15.5. The van der Waals surface area contributed by atoms with Crippen molar-refractivity contribution in [1.29, 1.82) is 0 Å². The number of benzene rings is 2. The average Bonchev–Trinajstić information content (AvgIpc) is 3.12. The summed E-state index contributed by atoms with van der Waals surface area (Å²) in [5, 5.41) is 14.1. The molecule has 27 heavy (non-hydrogen) atoms. The molecule has 3 aromatic rings. The van der Waals surface area contributed by atoms with Crippen molar-refractivity contribution in [2.45, 2.75) is 24.9 Å². The number of hydrogen-bond acceptors (Lipinski definition) is 5. The number of halogens is 2. The predicted molar refractivity (Wildman–Crippen MR) is 99.0 cm³/mol. The van der Waals surface area contributed by atoms with Crippen LogP contribution in [-0.4, -0.2) is 31.9 Å². The SMILES string of the molecule is CC(C)c1ccc(-n2nnnc2SCC(=O)Nc2c(F)cccc2F)cc1. The van der Waals surface area contributed by atoms with Gasteiger partial charge in [-0.3, -0.25) is 4.79 Å². The van der Waals surface area contributed by atoms with Crippen LogP contribution in [0.15, 0.2) is 47.6 Å². The second-order valence-electron chi connectivity index (χ2n) is 6.05. The number of hydrogen-bond donors (Lipinski definition) is 1. The molecule has 0 aliphatic heterocycles. The van der Waals surface area contributed by atoms with Crippen molar-refractivity contribution < 1.29 is 13.6 Å². The van der Waals surface area contributed by atoms with E-state index >= 15 is 0 Å². The van der Waals surface area contributed by atoms with Crippen LogP contribution < -0.4 is 5.32 Å². The van der Waals surface area contributed by atoms with Gasteiger partial charge in [-0.2, -0.15) is 4.68 Å². The van der Waals surface area contributed by atoms with Gasteiger partial charge in [0.05, 0.1) is 11.4 Å². The number of nitrogens with zero attached hydrogens (tertiary/aromatic N) is 4. The van der Waals surface area contributed by atoms with Crippen LogP contribution in [0.25, 0.3) is 5.69 Å². The van der Waals surface area contributed by atoms with E-state index in [-0.39, 0.29) is 5.75 Å². The second kappa shape index (κ2) is 8.26. The minimum atomic E-state index is -0.830. The lowest BCUT2D eigenvalue weighted by Crippen LogP contribution is -2.16. The molecule has 0 saturated heterocycles. The van der Waals surface area contributed by atoms with Crippen LogP contribution in [0.3, 0.4) is 0 Å². The lowest BCUT2D eigenvalue weighted by molar-refractivity contribution is -0.113. The summed E-state index contributed by atoms with van der Waals surface area (Å²) in [5.41, 5.74) is 1.48. The Morgan fingerprint density at radius 1 is 1.15 bits per heavy atom. The highest BCUT2D eigenvalue weighted by molar-refractivity contribution is 7.99. The fourth-order valence-corrected chi connectivity index (χ4v) is 3.05. The van der Waals surface area contributed by atoms with E-state index in [1.165, 1.54) is 16.3 Å². The smallest absolute Gasteiger partial charge is 0.235 e. The lowest BCUT2D eigenvalue weighted by Gasteiger charge is -2.09. The number of tetrazole rings is 1. The summed E-state index contributed by atoms with van der Waals surface area (Å²) in [6.45, 7) is 4.20. The van der Waals surface area contributed by atoms with E-state index in [2.05, 4.69) is 34.7 Å². The highest BCUT2D eigenvalue weighted by atomic mass is 32.2. The van der Waals surface area contributed by atoms with Gasteiger partial charge in [0.25, 0.3) is 0 Å². The molecule has 0 saturated carbocycles. The summed E-state index contributed by atoms with van der Waals surface area (Å²) in [5.74, 6) is -1.91. The molecule has 0 aliphatic carbocycles. The Balaban J connectivity index is 1.67. The molecular formula is C18H17F2N5OS. The van der Waals surface area contributed by atoms with Crippen LogP contribution in [0.5, 0.6) is 0 Å². The van der Waals surface area contributed by atoms with Crippen LogP contribution in [0, 0.1) is 11.6 Å². The number of rotatable bonds is 6. The molecule has 0 unspecified atom stereocenters. The fraction of sp³-hybridized carbons (Fsp3) is 0.222. The first-order valence-corrected chi connectivity index (χ1v) is 9.19. The van der Waals surface area contributed by atoms with Gasteiger partial charge >= 0.3 is 0 Å². The van der Waals surface area contributed by atoms with Gasteiger partial charge in [-0.15, -0.1) is 5.10 Å². The van der Waals surface area contributed by atoms with Crippen LogP contribution in [0.4, 0.5) is 14.5 Å². The number of para-hydroxylation sites is 1. The Morgan fingerprint density at radius 2 is 1.81 bits per heavy atom. The molecule has 9 heteroatoms. The number of nitrogens with one attached hydrogen (secondary N) is 1. The molecule has 1 N–H and O–H groups in total. The molecule has 6 nitrogen and oxygen atoms in total. The molecule has 0 aliphatic rings. The van der Waals surface area contributed by atoms with Crippen LogP contribution in [0.2, 0.25) is 0 Å². The van der Waals surface area contributed by atoms with Crippen LogP contribution >= 0.6 is 11.8 Å². The van der Waals surface area contributed by atoms with Crippen molar-refractivity contribution in [2.75, 3.05) is 11.1 Å². The monoisotopic (exact) mass is 389 g/mol. The van der Waals surface area contributed by atoms with E-state index in [1.807, 2.05) is 24.3 Å². The third-order valence-corrected chi connectivity index (χ3v) is 4.72. The van der Waals surface area contributed by atoms with E-state index in [4.69, 9.17) is 0 Å². The van der Waals surface area contributed by atoms with Gasteiger partial charge in [0, 0.05) is 0 Å². The summed E-state index contributed by atoms with van der Waals surface area (Å²) >= 11 is 1.07. The number of anilines is 1. The Morgan fingerprint density at radius 3 is 2.44 bits per heavy atom. The maximum absolute atomic E-state index is 13.6. The van der Waals surface area contributed by atoms with E-state index in [1.54, 1.807) is 0 Å². The summed E-state index contributed by atoms with van der Waals surface area (Å²) < 4.78 is 28.7. The van der Waals surface area contributed by atoms with E-state index in [0.717, 1.165) is 29.6 Å². The lowest BCUT2D eigenvalue weighted by atomic mass is 10.0. The van der Waals surface area contributed by atoms with Crippen LogP contribution in [0.1, 0.15) is 25.3 Å². The summed E-state index contributed by atoms with van der Waals surface area (Å²) in [6.07, 6.45) is 0. The molecule has 3 rings (SSSR count).